The van der Waals surface area contributed by atoms with Crippen LogP contribution < -0.4 is 0 Å². The first kappa shape index (κ1) is 13.5. The highest BCUT2D eigenvalue weighted by molar-refractivity contribution is 5.70. The zero-order valence-electron chi connectivity index (χ0n) is 10.4. The molecule has 0 radical (unpaired) electrons. The molecule has 1 aromatic carbocycles. The lowest BCUT2D eigenvalue weighted by molar-refractivity contribution is -0.143. The molecule has 1 heterocycles. The second kappa shape index (κ2) is 5.81. The van der Waals surface area contributed by atoms with Crippen molar-refractivity contribution in [2.24, 2.45) is 5.92 Å². The number of nitriles is 1. The van der Waals surface area contributed by atoms with Crippen LogP contribution in [0.25, 0.3) is 0 Å². The summed E-state index contributed by atoms with van der Waals surface area (Å²) in [5.74, 6) is -1.66. The van der Waals surface area contributed by atoms with E-state index >= 15 is 0 Å². The van der Waals surface area contributed by atoms with Crippen LogP contribution >= 0.6 is 0 Å². The maximum atomic E-state index is 13.2. The molecular weight excluding hydrogens is 247 g/mol. The standard InChI is InChI=1S/C14H15FN2O2/c15-12-5-1-3-10(7-12)13(8-16)17-6-2-4-11(9-17)14(18)19/h1,3,5,7,11,13H,2,4,6,9H2,(H,18,19). The van der Waals surface area contributed by atoms with Gasteiger partial charge < -0.3 is 5.11 Å². The average Bonchev–Trinajstić information content (AvgIpc) is 2.40. The van der Waals surface area contributed by atoms with Crippen LogP contribution in [0.15, 0.2) is 24.3 Å². The number of rotatable bonds is 3. The Balaban J connectivity index is 2.18. The molecule has 1 N–H and O–H groups in total. The Kier molecular flexibility index (Phi) is 4.13. The number of halogens is 1. The van der Waals surface area contributed by atoms with Gasteiger partial charge in [0.25, 0.3) is 0 Å². The molecule has 2 unspecified atom stereocenters. The maximum Gasteiger partial charge on any atom is 0.307 e. The molecular formula is C14H15FN2O2. The van der Waals surface area contributed by atoms with E-state index in [1.165, 1.54) is 12.1 Å². The summed E-state index contributed by atoms with van der Waals surface area (Å²) < 4.78 is 13.2. The van der Waals surface area contributed by atoms with E-state index in [4.69, 9.17) is 5.11 Å². The molecule has 19 heavy (non-hydrogen) atoms. The lowest BCUT2D eigenvalue weighted by Crippen LogP contribution is -2.40. The van der Waals surface area contributed by atoms with Gasteiger partial charge in [0.2, 0.25) is 0 Å². The Hall–Kier alpha value is -1.93. The summed E-state index contributed by atoms with van der Waals surface area (Å²) in [5.41, 5.74) is 0.577. The van der Waals surface area contributed by atoms with Crippen LogP contribution in [0.2, 0.25) is 0 Å². The van der Waals surface area contributed by atoms with Gasteiger partial charge in [-0.1, -0.05) is 12.1 Å². The van der Waals surface area contributed by atoms with Crippen molar-refractivity contribution in [1.29, 1.82) is 5.26 Å². The molecule has 0 saturated carbocycles. The first-order valence-electron chi connectivity index (χ1n) is 6.23. The third kappa shape index (κ3) is 3.09. The van der Waals surface area contributed by atoms with Gasteiger partial charge in [-0.15, -0.1) is 0 Å². The molecule has 1 aliphatic rings. The van der Waals surface area contributed by atoms with Crippen LogP contribution in [-0.2, 0) is 4.79 Å². The van der Waals surface area contributed by atoms with Crippen molar-refractivity contribution in [1.82, 2.24) is 4.90 Å². The fourth-order valence-electron chi connectivity index (χ4n) is 2.49. The Morgan fingerprint density at radius 1 is 1.58 bits per heavy atom. The van der Waals surface area contributed by atoms with Crippen molar-refractivity contribution in [3.63, 3.8) is 0 Å². The molecule has 5 heteroatoms. The molecule has 2 atom stereocenters. The van der Waals surface area contributed by atoms with Crippen LogP contribution in [0.4, 0.5) is 4.39 Å². The molecule has 1 saturated heterocycles. The third-order valence-corrected chi connectivity index (χ3v) is 3.45. The van der Waals surface area contributed by atoms with Crippen LogP contribution in [0.3, 0.4) is 0 Å². The molecule has 1 fully saturated rings. The highest BCUT2D eigenvalue weighted by Gasteiger charge is 2.30. The second-order valence-electron chi connectivity index (χ2n) is 4.76. The Morgan fingerprint density at radius 3 is 3.00 bits per heavy atom. The SMILES string of the molecule is N#CC(c1cccc(F)c1)N1CCCC(C(=O)O)C1. The van der Waals surface area contributed by atoms with Crippen LogP contribution in [0.1, 0.15) is 24.4 Å². The minimum Gasteiger partial charge on any atom is -0.481 e. The third-order valence-electron chi connectivity index (χ3n) is 3.45. The number of benzene rings is 1. The number of hydrogen-bond acceptors (Lipinski definition) is 3. The van der Waals surface area contributed by atoms with E-state index in [0.717, 1.165) is 6.42 Å². The van der Waals surface area contributed by atoms with Crippen molar-refractivity contribution in [2.75, 3.05) is 13.1 Å². The minimum absolute atomic E-state index is 0.337. The summed E-state index contributed by atoms with van der Waals surface area (Å²) in [6.07, 6.45) is 1.37. The summed E-state index contributed by atoms with van der Waals surface area (Å²) in [6.45, 7) is 1.00. The highest BCUT2D eigenvalue weighted by Crippen LogP contribution is 2.27. The normalized spacial score (nSPS) is 21.6. The first-order chi connectivity index (χ1) is 9.11. The summed E-state index contributed by atoms with van der Waals surface area (Å²) in [7, 11) is 0. The molecule has 100 valence electrons. The van der Waals surface area contributed by atoms with E-state index in [9.17, 15) is 14.4 Å². The first-order valence-corrected chi connectivity index (χ1v) is 6.23. The van der Waals surface area contributed by atoms with Crippen LogP contribution in [0, 0.1) is 23.1 Å². The molecule has 2 rings (SSSR count). The minimum atomic E-state index is -0.833. The number of hydrogen-bond donors (Lipinski definition) is 1. The maximum absolute atomic E-state index is 13.2. The fraction of sp³-hybridized carbons (Fsp3) is 0.429. The van der Waals surface area contributed by atoms with Crippen molar-refractivity contribution < 1.29 is 14.3 Å². The Labute approximate surface area is 111 Å². The zero-order chi connectivity index (χ0) is 13.8. The topological polar surface area (TPSA) is 64.3 Å². The smallest absolute Gasteiger partial charge is 0.307 e. The Morgan fingerprint density at radius 2 is 2.37 bits per heavy atom. The number of carboxylic acids is 1. The van der Waals surface area contributed by atoms with Gasteiger partial charge in [-0.25, -0.2) is 4.39 Å². The highest BCUT2D eigenvalue weighted by atomic mass is 19.1. The average molecular weight is 262 g/mol. The lowest BCUT2D eigenvalue weighted by Gasteiger charge is -2.33. The summed E-state index contributed by atoms with van der Waals surface area (Å²) >= 11 is 0. The van der Waals surface area contributed by atoms with Gasteiger partial charge in [0.1, 0.15) is 11.9 Å². The number of carboxylic acid groups (broad SMARTS) is 1. The predicted octanol–water partition coefficient (Wildman–Crippen LogP) is 2.19. The fourth-order valence-corrected chi connectivity index (χ4v) is 2.49. The van der Waals surface area contributed by atoms with Gasteiger partial charge in [-0.3, -0.25) is 9.69 Å². The molecule has 0 spiro atoms. The summed E-state index contributed by atoms with van der Waals surface area (Å²) in [6, 6.07) is 7.47. The van der Waals surface area contributed by atoms with Gasteiger partial charge in [-0.05, 0) is 37.1 Å². The Bertz CT molecular complexity index is 512. The van der Waals surface area contributed by atoms with Crippen LogP contribution in [0.5, 0.6) is 0 Å². The molecule has 0 amide bonds. The monoisotopic (exact) mass is 262 g/mol. The van der Waals surface area contributed by atoms with Gasteiger partial charge in [0.15, 0.2) is 0 Å². The van der Waals surface area contributed by atoms with E-state index in [2.05, 4.69) is 6.07 Å². The predicted molar refractivity (Wildman–Crippen MR) is 66.7 cm³/mol. The number of nitrogens with zero attached hydrogens (tertiary/aromatic N) is 2. The lowest BCUT2D eigenvalue weighted by atomic mass is 9.95. The van der Waals surface area contributed by atoms with E-state index < -0.39 is 17.9 Å². The van der Waals surface area contributed by atoms with Crippen molar-refractivity contribution >= 4 is 5.97 Å². The van der Waals surface area contributed by atoms with Crippen molar-refractivity contribution in [2.45, 2.75) is 18.9 Å². The van der Waals surface area contributed by atoms with Gasteiger partial charge in [0, 0.05) is 6.54 Å². The number of piperidine rings is 1. The zero-order valence-corrected chi connectivity index (χ0v) is 10.4. The quantitative estimate of drug-likeness (QED) is 0.906. The van der Waals surface area contributed by atoms with Crippen molar-refractivity contribution in [3.05, 3.63) is 35.6 Å². The van der Waals surface area contributed by atoms with Gasteiger partial charge in [0.05, 0.1) is 12.0 Å². The number of carbonyl (C=O) groups is 1. The molecule has 0 aromatic heterocycles. The molecule has 1 aromatic rings. The molecule has 0 aliphatic carbocycles. The molecule has 0 bridgehead atoms. The molecule has 4 nitrogen and oxygen atoms in total. The summed E-state index contributed by atoms with van der Waals surface area (Å²) in [5, 5.41) is 18.3. The van der Waals surface area contributed by atoms with Crippen molar-refractivity contribution in [3.8, 4) is 6.07 Å². The van der Waals surface area contributed by atoms with E-state index in [-0.39, 0.29) is 5.82 Å². The molecule has 1 aliphatic heterocycles. The van der Waals surface area contributed by atoms with E-state index in [1.807, 2.05) is 4.90 Å². The second-order valence-corrected chi connectivity index (χ2v) is 4.76. The summed E-state index contributed by atoms with van der Waals surface area (Å²) in [4.78, 5) is 12.8. The van der Waals surface area contributed by atoms with E-state index in [0.29, 0.717) is 25.1 Å². The van der Waals surface area contributed by atoms with E-state index in [1.54, 1.807) is 12.1 Å². The largest absolute Gasteiger partial charge is 0.481 e. The number of likely N-dealkylation sites (tertiary alicyclic amines) is 1. The number of aliphatic carboxylic acids is 1. The van der Waals surface area contributed by atoms with Gasteiger partial charge >= 0.3 is 5.97 Å². The van der Waals surface area contributed by atoms with Crippen LogP contribution in [-0.4, -0.2) is 29.1 Å². The van der Waals surface area contributed by atoms with Gasteiger partial charge in [-0.2, -0.15) is 5.26 Å².